The SMILES string of the molecule is O=C(Cn1cnc2sc3c(c2c1=O)CCC3)N1N=C(c2cccs2)CC1c1ccco1. The van der Waals surface area contributed by atoms with Gasteiger partial charge in [-0.05, 0) is 48.4 Å². The first kappa shape index (κ1) is 18.7. The summed E-state index contributed by atoms with van der Waals surface area (Å²) in [6, 6.07) is 7.30. The first-order valence-corrected chi connectivity index (χ1v) is 11.8. The number of hydrogen-bond acceptors (Lipinski definition) is 7. The van der Waals surface area contributed by atoms with Gasteiger partial charge >= 0.3 is 0 Å². The number of hydrazone groups is 1. The Kier molecular flexibility index (Phi) is 4.39. The molecule has 0 aromatic carbocycles. The quantitative estimate of drug-likeness (QED) is 0.471. The fraction of sp³-hybridized carbons (Fsp3) is 0.273. The van der Waals surface area contributed by atoms with E-state index in [1.54, 1.807) is 35.0 Å². The average molecular weight is 451 g/mol. The number of fused-ring (bicyclic) bond motifs is 3. The van der Waals surface area contributed by atoms with Crippen LogP contribution in [0.4, 0.5) is 0 Å². The monoisotopic (exact) mass is 450 g/mol. The van der Waals surface area contributed by atoms with Crippen molar-refractivity contribution in [3.63, 3.8) is 0 Å². The molecule has 1 aliphatic carbocycles. The summed E-state index contributed by atoms with van der Waals surface area (Å²) < 4.78 is 7.00. The molecule has 1 aliphatic heterocycles. The Morgan fingerprint density at radius 1 is 1.26 bits per heavy atom. The third-order valence-electron chi connectivity index (χ3n) is 5.84. The van der Waals surface area contributed by atoms with Gasteiger partial charge in [0.25, 0.3) is 11.5 Å². The standard InChI is InChI=1S/C22H18N4O3S2/c27-19(11-25-12-23-21-20(22(25)28)13-4-1-6-17(13)31-21)26-15(16-5-2-8-29-16)10-14(24-26)18-7-3-9-30-18/h2-3,5,7-9,12,15H,1,4,6,10-11H2. The van der Waals surface area contributed by atoms with Gasteiger partial charge in [0.05, 0.1) is 28.6 Å². The molecule has 31 heavy (non-hydrogen) atoms. The van der Waals surface area contributed by atoms with Crippen molar-refractivity contribution in [3.8, 4) is 0 Å². The first-order valence-electron chi connectivity index (χ1n) is 10.2. The van der Waals surface area contributed by atoms with Gasteiger partial charge in [-0.15, -0.1) is 22.7 Å². The second-order valence-corrected chi connectivity index (χ2v) is 9.74. The normalized spacial score (nSPS) is 18.0. The molecule has 5 heterocycles. The van der Waals surface area contributed by atoms with Gasteiger partial charge in [0.15, 0.2) is 0 Å². The van der Waals surface area contributed by atoms with Gasteiger partial charge in [-0.1, -0.05) is 6.07 Å². The second kappa shape index (κ2) is 7.28. The zero-order chi connectivity index (χ0) is 20.9. The molecule has 0 N–H and O–H groups in total. The molecule has 1 unspecified atom stereocenters. The number of furan rings is 1. The van der Waals surface area contributed by atoms with Gasteiger partial charge in [0.1, 0.15) is 23.2 Å². The lowest BCUT2D eigenvalue weighted by Gasteiger charge is -2.20. The lowest BCUT2D eigenvalue weighted by atomic mass is 10.1. The summed E-state index contributed by atoms with van der Waals surface area (Å²) in [7, 11) is 0. The minimum atomic E-state index is -0.322. The summed E-state index contributed by atoms with van der Waals surface area (Å²) in [6.45, 7) is -0.106. The van der Waals surface area contributed by atoms with E-state index in [1.165, 1.54) is 20.8 Å². The maximum absolute atomic E-state index is 13.3. The molecule has 0 fully saturated rings. The van der Waals surface area contributed by atoms with E-state index in [9.17, 15) is 9.59 Å². The number of thiophene rings is 2. The van der Waals surface area contributed by atoms with Gasteiger partial charge < -0.3 is 4.42 Å². The number of nitrogens with zero attached hydrogens (tertiary/aromatic N) is 4. The van der Waals surface area contributed by atoms with Crippen molar-refractivity contribution in [1.29, 1.82) is 0 Å². The molecule has 4 aromatic heterocycles. The van der Waals surface area contributed by atoms with E-state index in [1.807, 2.05) is 23.6 Å². The molecule has 0 radical (unpaired) electrons. The molecule has 6 rings (SSSR count). The predicted octanol–water partition coefficient (Wildman–Crippen LogP) is 3.98. The van der Waals surface area contributed by atoms with E-state index in [2.05, 4.69) is 10.1 Å². The Morgan fingerprint density at radius 3 is 3.00 bits per heavy atom. The fourth-order valence-corrected chi connectivity index (χ4v) is 6.33. The molecular weight excluding hydrogens is 432 g/mol. The molecule has 0 spiro atoms. The molecule has 0 saturated heterocycles. The Morgan fingerprint density at radius 2 is 2.19 bits per heavy atom. The summed E-state index contributed by atoms with van der Waals surface area (Å²) in [5.74, 6) is 0.420. The highest BCUT2D eigenvalue weighted by atomic mass is 32.1. The van der Waals surface area contributed by atoms with Crippen molar-refractivity contribution < 1.29 is 9.21 Å². The van der Waals surface area contributed by atoms with Crippen LogP contribution in [0.3, 0.4) is 0 Å². The molecular formula is C22H18N4O3S2. The van der Waals surface area contributed by atoms with Crippen LogP contribution in [0.2, 0.25) is 0 Å². The van der Waals surface area contributed by atoms with E-state index in [-0.39, 0.29) is 24.1 Å². The summed E-state index contributed by atoms with van der Waals surface area (Å²) in [5.41, 5.74) is 1.82. The minimum absolute atomic E-state index is 0.106. The predicted molar refractivity (Wildman–Crippen MR) is 120 cm³/mol. The fourth-order valence-electron chi connectivity index (χ4n) is 4.38. The molecule has 1 amide bonds. The van der Waals surface area contributed by atoms with Crippen LogP contribution in [0.15, 0.2) is 56.5 Å². The van der Waals surface area contributed by atoms with E-state index in [0.29, 0.717) is 17.6 Å². The van der Waals surface area contributed by atoms with Crippen molar-refractivity contribution in [3.05, 3.63) is 73.7 Å². The summed E-state index contributed by atoms with van der Waals surface area (Å²) >= 11 is 3.19. The van der Waals surface area contributed by atoms with E-state index in [4.69, 9.17) is 4.42 Å². The van der Waals surface area contributed by atoms with Crippen molar-refractivity contribution in [2.45, 2.75) is 38.3 Å². The smallest absolute Gasteiger partial charge is 0.263 e. The van der Waals surface area contributed by atoms with Crippen LogP contribution in [0.5, 0.6) is 0 Å². The van der Waals surface area contributed by atoms with Crippen molar-refractivity contribution in [2.75, 3.05) is 0 Å². The van der Waals surface area contributed by atoms with Gasteiger partial charge in [-0.3, -0.25) is 14.2 Å². The Balaban J connectivity index is 1.35. The van der Waals surface area contributed by atoms with E-state index < -0.39 is 0 Å². The van der Waals surface area contributed by atoms with Crippen molar-refractivity contribution >= 4 is 44.5 Å². The topological polar surface area (TPSA) is 80.7 Å². The molecule has 0 bridgehead atoms. The van der Waals surface area contributed by atoms with Crippen LogP contribution < -0.4 is 5.56 Å². The minimum Gasteiger partial charge on any atom is -0.467 e. The zero-order valence-electron chi connectivity index (χ0n) is 16.5. The highest BCUT2D eigenvalue weighted by Crippen LogP contribution is 2.35. The van der Waals surface area contributed by atoms with E-state index >= 15 is 0 Å². The largest absolute Gasteiger partial charge is 0.467 e. The number of carbonyl (C=O) groups excluding carboxylic acids is 1. The lowest BCUT2D eigenvalue weighted by Crippen LogP contribution is -2.34. The van der Waals surface area contributed by atoms with Crippen molar-refractivity contribution in [2.24, 2.45) is 5.10 Å². The molecule has 1 atom stereocenters. The number of rotatable bonds is 4. The third-order valence-corrected chi connectivity index (χ3v) is 7.96. The highest BCUT2D eigenvalue weighted by molar-refractivity contribution is 7.18. The molecule has 4 aromatic rings. The number of aromatic nitrogens is 2. The Labute approximate surface area is 185 Å². The highest BCUT2D eigenvalue weighted by Gasteiger charge is 2.35. The van der Waals surface area contributed by atoms with Crippen LogP contribution in [0.25, 0.3) is 10.2 Å². The molecule has 2 aliphatic rings. The molecule has 9 heteroatoms. The summed E-state index contributed by atoms with van der Waals surface area (Å²) in [5, 5.41) is 8.75. The Bertz CT molecular complexity index is 1370. The molecule has 0 saturated carbocycles. The maximum atomic E-state index is 13.3. The van der Waals surface area contributed by atoms with Crippen LogP contribution in [-0.2, 0) is 24.2 Å². The number of hydrogen-bond donors (Lipinski definition) is 0. The van der Waals surface area contributed by atoms with Crippen LogP contribution in [0, 0.1) is 0 Å². The molecule has 156 valence electrons. The van der Waals surface area contributed by atoms with Crippen LogP contribution in [-0.4, -0.2) is 26.2 Å². The zero-order valence-corrected chi connectivity index (χ0v) is 18.1. The number of carbonyl (C=O) groups is 1. The second-order valence-electron chi connectivity index (χ2n) is 7.71. The maximum Gasteiger partial charge on any atom is 0.263 e. The van der Waals surface area contributed by atoms with Crippen molar-refractivity contribution in [1.82, 2.24) is 14.6 Å². The van der Waals surface area contributed by atoms with Crippen LogP contribution >= 0.6 is 22.7 Å². The number of amides is 1. The summed E-state index contributed by atoms with van der Waals surface area (Å²) in [4.78, 5) is 34.0. The molecule has 7 nitrogen and oxygen atoms in total. The van der Waals surface area contributed by atoms with Gasteiger partial charge in [-0.25, -0.2) is 9.99 Å². The first-order chi connectivity index (χ1) is 15.2. The van der Waals surface area contributed by atoms with E-state index in [0.717, 1.165) is 40.2 Å². The van der Waals surface area contributed by atoms with Crippen LogP contribution in [0.1, 0.15) is 40.0 Å². The average Bonchev–Trinajstić information content (AvgIpc) is 3.57. The number of aryl methyl sites for hydroxylation is 2. The van der Waals surface area contributed by atoms with Gasteiger partial charge in [0, 0.05) is 11.3 Å². The third kappa shape index (κ3) is 3.07. The Hall–Kier alpha value is -3.04. The van der Waals surface area contributed by atoms with Gasteiger partial charge in [-0.2, -0.15) is 5.10 Å². The summed E-state index contributed by atoms with van der Waals surface area (Å²) in [6.07, 6.45) is 6.64. The lowest BCUT2D eigenvalue weighted by molar-refractivity contribution is -0.134. The van der Waals surface area contributed by atoms with Gasteiger partial charge in [0.2, 0.25) is 0 Å².